The van der Waals surface area contributed by atoms with Gasteiger partial charge in [-0.3, -0.25) is 4.79 Å². The van der Waals surface area contributed by atoms with Crippen molar-refractivity contribution in [3.63, 3.8) is 0 Å². The van der Waals surface area contributed by atoms with E-state index in [0.29, 0.717) is 16.8 Å². The second-order valence-electron chi connectivity index (χ2n) is 4.77. The molecule has 4 heteroatoms. The summed E-state index contributed by atoms with van der Waals surface area (Å²) in [6.45, 7) is 1.95. The molecule has 2 aromatic rings. The number of nitriles is 1. The van der Waals surface area contributed by atoms with Crippen molar-refractivity contribution in [2.75, 3.05) is 24.3 Å². The molecule has 0 fully saturated rings. The zero-order valence-corrected chi connectivity index (χ0v) is 12.3. The molecule has 0 saturated carbocycles. The molecule has 0 heterocycles. The Bertz CT molecular complexity index is 716. The topological polar surface area (TPSA) is 56.1 Å². The molecule has 0 aliphatic rings. The standard InChI is InChI=1S/C17H17N3O/c1-12-10-13(8-9-15(12)19-2)17(21)20(3)16-7-5-4-6-14(16)11-18/h4-10,19H,1-3H3. The molecular weight excluding hydrogens is 262 g/mol. The molecule has 2 rings (SSSR count). The predicted molar refractivity (Wildman–Crippen MR) is 84.6 cm³/mol. The largest absolute Gasteiger partial charge is 0.388 e. The minimum Gasteiger partial charge on any atom is -0.388 e. The molecule has 1 amide bonds. The SMILES string of the molecule is CNc1ccc(C(=O)N(C)c2ccccc2C#N)cc1C. The second-order valence-corrected chi connectivity index (χ2v) is 4.77. The summed E-state index contributed by atoms with van der Waals surface area (Å²) in [4.78, 5) is 14.1. The summed E-state index contributed by atoms with van der Waals surface area (Å²) in [6, 6.07) is 14.7. The number of aryl methyl sites for hydroxylation is 1. The Morgan fingerprint density at radius 3 is 2.57 bits per heavy atom. The normalized spacial score (nSPS) is 9.81. The molecule has 0 unspecified atom stereocenters. The maximum atomic E-state index is 12.6. The van der Waals surface area contributed by atoms with Crippen LogP contribution < -0.4 is 10.2 Å². The second kappa shape index (κ2) is 6.10. The fourth-order valence-electron chi connectivity index (χ4n) is 2.24. The van der Waals surface area contributed by atoms with Crippen molar-refractivity contribution in [3.05, 3.63) is 59.2 Å². The molecule has 0 spiro atoms. The van der Waals surface area contributed by atoms with Gasteiger partial charge in [0.15, 0.2) is 0 Å². The monoisotopic (exact) mass is 279 g/mol. The molecule has 0 radical (unpaired) electrons. The molecule has 2 aromatic carbocycles. The van der Waals surface area contributed by atoms with E-state index < -0.39 is 0 Å². The summed E-state index contributed by atoms with van der Waals surface area (Å²) in [7, 11) is 3.53. The average Bonchev–Trinajstić information content (AvgIpc) is 2.53. The lowest BCUT2D eigenvalue weighted by atomic mass is 10.1. The fraction of sp³-hybridized carbons (Fsp3) is 0.176. The van der Waals surface area contributed by atoms with Gasteiger partial charge in [0, 0.05) is 25.3 Å². The summed E-state index contributed by atoms with van der Waals surface area (Å²) in [5.41, 5.74) is 3.69. The van der Waals surface area contributed by atoms with Crippen LogP contribution >= 0.6 is 0 Å². The van der Waals surface area contributed by atoms with E-state index in [9.17, 15) is 4.79 Å². The fourth-order valence-corrected chi connectivity index (χ4v) is 2.24. The third kappa shape index (κ3) is 2.87. The van der Waals surface area contributed by atoms with Crippen molar-refractivity contribution in [1.82, 2.24) is 0 Å². The first-order chi connectivity index (χ1) is 10.1. The summed E-state index contributed by atoms with van der Waals surface area (Å²) < 4.78 is 0. The van der Waals surface area contributed by atoms with Gasteiger partial charge in [0.05, 0.1) is 11.3 Å². The van der Waals surface area contributed by atoms with Crippen molar-refractivity contribution in [1.29, 1.82) is 5.26 Å². The van der Waals surface area contributed by atoms with E-state index >= 15 is 0 Å². The van der Waals surface area contributed by atoms with Crippen LogP contribution in [0.5, 0.6) is 0 Å². The van der Waals surface area contributed by atoms with Crippen LogP contribution in [0.2, 0.25) is 0 Å². The number of benzene rings is 2. The van der Waals surface area contributed by atoms with Gasteiger partial charge >= 0.3 is 0 Å². The van der Waals surface area contributed by atoms with Crippen molar-refractivity contribution >= 4 is 17.3 Å². The molecule has 0 aliphatic heterocycles. The van der Waals surface area contributed by atoms with Gasteiger partial charge in [-0.15, -0.1) is 0 Å². The third-order valence-corrected chi connectivity index (χ3v) is 3.43. The molecular formula is C17H17N3O. The van der Waals surface area contributed by atoms with E-state index in [1.165, 1.54) is 4.90 Å². The molecule has 0 bridgehead atoms. The number of amides is 1. The zero-order valence-electron chi connectivity index (χ0n) is 12.3. The quantitative estimate of drug-likeness (QED) is 0.938. The highest BCUT2D eigenvalue weighted by atomic mass is 16.2. The first-order valence-electron chi connectivity index (χ1n) is 6.64. The number of carbonyl (C=O) groups is 1. The summed E-state index contributed by atoms with van der Waals surface area (Å²) in [6.07, 6.45) is 0. The average molecular weight is 279 g/mol. The minimum absolute atomic E-state index is 0.136. The van der Waals surface area contributed by atoms with Crippen LogP contribution in [0.4, 0.5) is 11.4 Å². The van der Waals surface area contributed by atoms with Gasteiger partial charge < -0.3 is 10.2 Å². The molecule has 106 valence electrons. The summed E-state index contributed by atoms with van der Waals surface area (Å²) in [5, 5.41) is 12.2. The van der Waals surface area contributed by atoms with Crippen LogP contribution in [0, 0.1) is 18.3 Å². The maximum absolute atomic E-state index is 12.6. The van der Waals surface area contributed by atoms with Crippen LogP contribution in [0.1, 0.15) is 21.5 Å². The van der Waals surface area contributed by atoms with Crippen molar-refractivity contribution in [2.24, 2.45) is 0 Å². The predicted octanol–water partition coefficient (Wildman–Crippen LogP) is 3.19. The van der Waals surface area contributed by atoms with E-state index in [2.05, 4.69) is 11.4 Å². The Morgan fingerprint density at radius 2 is 1.95 bits per heavy atom. The molecule has 0 atom stereocenters. The smallest absolute Gasteiger partial charge is 0.258 e. The highest BCUT2D eigenvalue weighted by molar-refractivity contribution is 6.06. The van der Waals surface area contributed by atoms with Gasteiger partial charge in [-0.2, -0.15) is 5.26 Å². The van der Waals surface area contributed by atoms with Gasteiger partial charge in [0.1, 0.15) is 6.07 Å². The van der Waals surface area contributed by atoms with Gasteiger partial charge in [-0.25, -0.2) is 0 Å². The number of nitrogens with one attached hydrogen (secondary N) is 1. The van der Waals surface area contributed by atoms with Crippen LogP contribution in [0.3, 0.4) is 0 Å². The number of hydrogen-bond acceptors (Lipinski definition) is 3. The van der Waals surface area contributed by atoms with Crippen LogP contribution in [0.15, 0.2) is 42.5 Å². The Hall–Kier alpha value is -2.80. The number of nitrogens with zero attached hydrogens (tertiary/aromatic N) is 2. The molecule has 21 heavy (non-hydrogen) atoms. The maximum Gasteiger partial charge on any atom is 0.258 e. The van der Waals surface area contributed by atoms with Gasteiger partial charge in [-0.05, 0) is 42.8 Å². The van der Waals surface area contributed by atoms with Gasteiger partial charge in [-0.1, -0.05) is 12.1 Å². The number of rotatable bonds is 3. The van der Waals surface area contributed by atoms with E-state index in [1.807, 2.05) is 32.2 Å². The van der Waals surface area contributed by atoms with E-state index in [-0.39, 0.29) is 5.91 Å². The Labute approximate surface area is 124 Å². The summed E-state index contributed by atoms with van der Waals surface area (Å²) >= 11 is 0. The van der Waals surface area contributed by atoms with Crippen molar-refractivity contribution in [2.45, 2.75) is 6.92 Å². The third-order valence-electron chi connectivity index (χ3n) is 3.43. The Morgan fingerprint density at radius 1 is 1.24 bits per heavy atom. The molecule has 4 nitrogen and oxygen atoms in total. The number of para-hydroxylation sites is 1. The first-order valence-corrected chi connectivity index (χ1v) is 6.64. The Balaban J connectivity index is 2.36. The first kappa shape index (κ1) is 14.6. The highest BCUT2D eigenvalue weighted by Crippen LogP contribution is 2.22. The van der Waals surface area contributed by atoms with Crippen molar-refractivity contribution < 1.29 is 4.79 Å². The van der Waals surface area contributed by atoms with Crippen LogP contribution in [-0.2, 0) is 0 Å². The lowest BCUT2D eigenvalue weighted by Gasteiger charge is -2.19. The van der Waals surface area contributed by atoms with Crippen molar-refractivity contribution in [3.8, 4) is 6.07 Å². The lowest BCUT2D eigenvalue weighted by Crippen LogP contribution is -2.27. The van der Waals surface area contributed by atoms with E-state index in [0.717, 1.165) is 11.3 Å². The number of carbonyl (C=O) groups excluding carboxylic acids is 1. The number of anilines is 2. The zero-order chi connectivity index (χ0) is 15.4. The van der Waals surface area contributed by atoms with Gasteiger partial charge in [0.2, 0.25) is 0 Å². The van der Waals surface area contributed by atoms with Crippen LogP contribution in [-0.4, -0.2) is 20.0 Å². The lowest BCUT2D eigenvalue weighted by molar-refractivity contribution is 0.0993. The van der Waals surface area contributed by atoms with Gasteiger partial charge in [0.25, 0.3) is 5.91 Å². The van der Waals surface area contributed by atoms with E-state index in [1.54, 1.807) is 31.3 Å². The molecule has 0 aromatic heterocycles. The molecule has 0 aliphatic carbocycles. The highest BCUT2D eigenvalue weighted by Gasteiger charge is 2.16. The Kier molecular flexibility index (Phi) is 4.24. The van der Waals surface area contributed by atoms with E-state index in [4.69, 9.17) is 5.26 Å². The number of hydrogen-bond donors (Lipinski definition) is 1. The summed E-state index contributed by atoms with van der Waals surface area (Å²) in [5.74, 6) is -0.136. The minimum atomic E-state index is -0.136. The molecule has 1 N–H and O–H groups in total. The molecule has 0 saturated heterocycles. The van der Waals surface area contributed by atoms with Crippen LogP contribution in [0.25, 0.3) is 0 Å².